The Kier molecular flexibility index (Phi) is 4.69. The Balaban J connectivity index is 1.96. The van der Waals surface area contributed by atoms with Gasteiger partial charge in [-0.15, -0.1) is 0 Å². The van der Waals surface area contributed by atoms with Gasteiger partial charge in [0.15, 0.2) is 0 Å². The van der Waals surface area contributed by atoms with Gasteiger partial charge in [0.25, 0.3) is 0 Å². The Morgan fingerprint density at radius 2 is 1.12 bits per heavy atom. The minimum absolute atomic E-state index is 0.328. The van der Waals surface area contributed by atoms with Gasteiger partial charge in [-0.25, -0.2) is 0 Å². The highest BCUT2D eigenvalue weighted by Crippen LogP contribution is 2.41. The third kappa shape index (κ3) is 3.00. The molecule has 2 rings (SSSR count). The molecule has 2 aliphatic carbocycles. The fourth-order valence-electron chi connectivity index (χ4n) is 4.05. The summed E-state index contributed by atoms with van der Waals surface area (Å²) in [7, 11) is 0. The molecule has 2 fully saturated rings. The normalized spacial score (nSPS) is 27.2. The monoisotopic (exact) mass is 223 g/mol. The number of hydrogen-bond donors (Lipinski definition) is 1. The van der Waals surface area contributed by atoms with Crippen LogP contribution in [-0.4, -0.2) is 11.2 Å². The van der Waals surface area contributed by atoms with Gasteiger partial charge in [-0.2, -0.15) is 0 Å². The van der Waals surface area contributed by atoms with E-state index in [2.05, 4.69) is 6.92 Å². The number of aliphatic hydroxyl groups excluding tert-OH is 1. The van der Waals surface area contributed by atoms with Crippen molar-refractivity contribution in [2.75, 3.05) is 0 Å². The van der Waals surface area contributed by atoms with Crippen molar-refractivity contribution < 1.29 is 5.11 Å². The van der Waals surface area contributed by atoms with Crippen LogP contribution in [0.25, 0.3) is 0 Å². The molecule has 0 amide bonds. The van der Waals surface area contributed by atoms with Crippen molar-refractivity contribution in [3.63, 3.8) is 0 Å². The lowest BCUT2D eigenvalue weighted by Crippen LogP contribution is -2.35. The number of aliphatic hydroxyl groups is 1. The lowest BCUT2D eigenvalue weighted by Gasteiger charge is -2.39. The van der Waals surface area contributed by atoms with Crippen LogP contribution in [0.15, 0.2) is 0 Å². The number of rotatable bonds is 3. The average molecular weight is 223 g/mol. The summed E-state index contributed by atoms with van der Waals surface area (Å²) in [6, 6.07) is 0. The molecule has 0 saturated heterocycles. The maximum atomic E-state index is 10.0. The summed E-state index contributed by atoms with van der Waals surface area (Å²) in [6.07, 6.45) is 13.3. The minimum Gasteiger partial charge on any atom is -0.393 e. The van der Waals surface area contributed by atoms with E-state index in [1.165, 1.54) is 64.2 Å². The van der Waals surface area contributed by atoms with Crippen LogP contribution in [0.2, 0.25) is 0 Å². The Morgan fingerprint density at radius 1 is 0.750 bits per heavy atom. The highest BCUT2D eigenvalue weighted by molar-refractivity contribution is 4.86. The van der Waals surface area contributed by atoms with Crippen LogP contribution in [0.1, 0.15) is 64.2 Å². The summed E-state index contributed by atoms with van der Waals surface area (Å²) >= 11 is 0. The van der Waals surface area contributed by atoms with Crippen LogP contribution < -0.4 is 0 Å². The summed E-state index contributed by atoms with van der Waals surface area (Å²) < 4.78 is 0. The molecule has 1 unspecified atom stereocenters. The molecule has 1 atom stereocenters. The third-order valence-electron chi connectivity index (χ3n) is 4.83. The second-order valence-corrected chi connectivity index (χ2v) is 5.94. The van der Waals surface area contributed by atoms with Gasteiger partial charge in [0, 0.05) is 0 Å². The summed E-state index contributed by atoms with van der Waals surface area (Å²) in [5.41, 5.74) is 0. The highest BCUT2D eigenvalue weighted by atomic mass is 16.3. The van der Waals surface area contributed by atoms with Gasteiger partial charge in [0.05, 0.1) is 6.10 Å². The van der Waals surface area contributed by atoms with Crippen LogP contribution in [0.3, 0.4) is 0 Å². The largest absolute Gasteiger partial charge is 0.393 e. The average Bonchev–Trinajstić information content (AvgIpc) is 2.31. The molecular weight excluding hydrogens is 196 g/mol. The molecule has 1 radical (unpaired) electrons. The Hall–Kier alpha value is -0.0400. The predicted molar refractivity (Wildman–Crippen MR) is 68.0 cm³/mol. The predicted octanol–water partition coefficient (Wildman–Crippen LogP) is 3.96. The van der Waals surface area contributed by atoms with E-state index >= 15 is 0 Å². The maximum Gasteiger partial charge on any atom is 0.0574 e. The molecule has 0 heterocycles. The molecule has 1 nitrogen and oxygen atoms in total. The summed E-state index contributed by atoms with van der Waals surface area (Å²) in [5, 5.41) is 10.0. The fraction of sp³-hybridized carbons (Fsp3) is 0.933. The molecule has 0 aromatic rings. The number of hydrogen-bond acceptors (Lipinski definition) is 1. The van der Waals surface area contributed by atoms with E-state index in [1.54, 1.807) is 0 Å². The molecule has 0 aromatic carbocycles. The highest BCUT2D eigenvalue weighted by Gasteiger charge is 2.34. The van der Waals surface area contributed by atoms with Crippen LogP contribution in [-0.2, 0) is 0 Å². The van der Waals surface area contributed by atoms with Crippen molar-refractivity contribution in [1.29, 1.82) is 0 Å². The standard InChI is InChI=1S/C15H27O/c1-12(16)15(13-8-4-2-5-9-13)14-10-6-3-7-11-14/h12-16H,1-11H2. The van der Waals surface area contributed by atoms with Crippen molar-refractivity contribution >= 4 is 0 Å². The zero-order chi connectivity index (χ0) is 11.4. The second-order valence-electron chi connectivity index (χ2n) is 5.94. The molecule has 0 bridgehead atoms. The zero-order valence-corrected chi connectivity index (χ0v) is 10.5. The lowest BCUT2D eigenvalue weighted by atomic mass is 9.68. The van der Waals surface area contributed by atoms with Gasteiger partial charge in [0.2, 0.25) is 0 Å². The zero-order valence-electron chi connectivity index (χ0n) is 10.5. The van der Waals surface area contributed by atoms with E-state index < -0.39 is 0 Å². The summed E-state index contributed by atoms with van der Waals surface area (Å²) in [4.78, 5) is 0. The van der Waals surface area contributed by atoms with E-state index in [9.17, 15) is 5.11 Å². The molecule has 0 spiro atoms. The van der Waals surface area contributed by atoms with E-state index in [0.29, 0.717) is 5.92 Å². The molecule has 0 aliphatic heterocycles. The SMILES string of the molecule is [CH2]C(O)C(C1CCCCC1)C1CCCCC1. The first-order valence-corrected chi connectivity index (χ1v) is 7.30. The van der Waals surface area contributed by atoms with Gasteiger partial charge in [0.1, 0.15) is 0 Å². The quantitative estimate of drug-likeness (QED) is 0.768. The van der Waals surface area contributed by atoms with Crippen molar-refractivity contribution in [2.45, 2.75) is 70.3 Å². The molecule has 2 saturated carbocycles. The van der Waals surface area contributed by atoms with Crippen molar-refractivity contribution in [2.24, 2.45) is 17.8 Å². The van der Waals surface area contributed by atoms with Gasteiger partial charge in [-0.1, -0.05) is 64.2 Å². The summed E-state index contributed by atoms with van der Waals surface area (Å²) in [6.45, 7) is 3.94. The van der Waals surface area contributed by atoms with Crippen molar-refractivity contribution in [3.05, 3.63) is 6.92 Å². The molecule has 1 heteroatoms. The van der Waals surface area contributed by atoms with Crippen molar-refractivity contribution in [1.82, 2.24) is 0 Å². The first kappa shape index (κ1) is 12.4. The molecule has 1 N–H and O–H groups in total. The first-order chi connectivity index (χ1) is 7.79. The van der Waals surface area contributed by atoms with Gasteiger partial charge < -0.3 is 5.11 Å². The second kappa shape index (κ2) is 6.05. The third-order valence-corrected chi connectivity index (χ3v) is 4.83. The van der Waals surface area contributed by atoms with E-state index in [1.807, 2.05) is 0 Å². The van der Waals surface area contributed by atoms with Crippen LogP contribution >= 0.6 is 0 Å². The lowest BCUT2D eigenvalue weighted by molar-refractivity contribution is 0.0350. The smallest absolute Gasteiger partial charge is 0.0574 e. The van der Waals surface area contributed by atoms with E-state index in [4.69, 9.17) is 0 Å². The van der Waals surface area contributed by atoms with Crippen LogP contribution in [0.5, 0.6) is 0 Å². The fourth-order valence-corrected chi connectivity index (χ4v) is 4.05. The Bertz CT molecular complexity index is 170. The summed E-state index contributed by atoms with van der Waals surface area (Å²) in [5.74, 6) is 2.04. The van der Waals surface area contributed by atoms with Crippen LogP contribution in [0, 0.1) is 24.7 Å². The Morgan fingerprint density at radius 3 is 1.44 bits per heavy atom. The molecule has 2 aliphatic rings. The van der Waals surface area contributed by atoms with Gasteiger partial charge >= 0.3 is 0 Å². The maximum absolute atomic E-state index is 10.0. The van der Waals surface area contributed by atoms with E-state index in [0.717, 1.165) is 11.8 Å². The van der Waals surface area contributed by atoms with E-state index in [-0.39, 0.29) is 6.10 Å². The molecule has 0 aromatic heterocycles. The first-order valence-electron chi connectivity index (χ1n) is 7.30. The molecule has 93 valence electrons. The van der Waals surface area contributed by atoms with Crippen LogP contribution in [0.4, 0.5) is 0 Å². The van der Waals surface area contributed by atoms with Gasteiger partial charge in [-0.3, -0.25) is 0 Å². The minimum atomic E-state index is -0.328. The molecule has 16 heavy (non-hydrogen) atoms. The Labute approximate surface area is 101 Å². The topological polar surface area (TPSA) is 20.2 Å². The molecular formula is C15H27O. The van der Waals surface area contributed by atoms with Crippen molar-refractivity contribution in [3.8, 4) is 0 Å². The van der Waals surface area contributed by atoms with Gasteiger partial charge in [-0.05, 0) is 24.7 Å².